The molecule has 0 unspecified atom stereocenters. The molecule has 18 heavy (non-hydrogen) atoms. The van der Waals surface area contributed by atoms with Gasteiger partial charge in [-0.05, 0) is 28.1 Å². The highest BCUT2D eigenvalue weighted by molar-refractivity contribution is 9.10. The van der Waals surface area contributed by atoms with Gasteiger partial charge < -0.3 is 4.74 Å². The minimum absolute atomic E-state index is 0.163. The van der Waals surface area contributed by atoms with E-state index >= 15 is 0 Å². The van der Waals surface area contributed by atoms with Gasteiger partial charge in [-0.15, -0.1) is 0 Å². The van der Waals surface area contributed by atoms with Crippen LogP contribution in [-0.4, -0.2) is 36.5 Å². The molecule has 0 aliphatic carbocycles. The summed E-state index contributed by atoms with van der Waals surface area (Å²) in [6.07, 6.45) is 4.00. The Hall–Kier alpha value is -1.41. The summed E-state index contributed by atoms with van der Waals surface area (Å²) in [4.78, 5) is 4.22. The first-order chi connectivity index (χ1) is 8.43. The fourth-order valence-corrected chi connectivity index (χ4v) is 2.36. The molecular formula is C10H10BrN3O3S. The molecule has 0 aliphatic rings. The Morgan fingerprint density at radius 3 is 2.56 bits per heavy atom. The van der Waals surface area contributed by atoms with Gasteiger partial charge in [-0.3, -0.25) is 0 Å². The first-order valence-corrected chi connectivity index (χ1v) is 7.56. The number of halogens is 1. The van der Waals surface area contributed by atoms with Crippen molar-refractivity contribution in [1.82, 2.24) is 14.8 Å². The number of ether oxygens (including phenoxy) is 1. The van der Waals surface area contributed by atoms with Gasteiger partial charge in [-0.25, -0.2) is 13.4 Å². The van der Waals surface area contributed by atoms with Crippen LogP contribution in [0, 0.1) is 0 Å². The normalized spacial score (nSPS) is 11.5. The molecule has 0 amide bonds. The van der Waals surface area contributed by atoms with Crippen molar-refractivity contribution in [2.24, 2.45) is 0 Å². The SMILES string of the molecule is COc1c(Br)cnn1-c1ccc(S(C)(=O)=O)cn1. The lowest BCUT2D eigenvalue weighted by molar-refractivity contribution is 0.380. The van der Waals surface area contributed by atoms with Crippen LogP contribution >= 0.6 is 15.9 Å². The van der Waals surface area contributed by atoms with Gasteiger partial charge in [-0.1, -0.05) is 0 Å². The van der Waals surface area contributed by atoms with Gasteiger partial charge in [-0.2, -0.15) is 9.78 Å². The summed E-state index contributed by atoms with van der Waals surface area (Å²) in [6.45, 7) is 0. The summed E-state index contributed by atoms with van der Waals surface area (Å²) in [5, 5.41) is 4.08. The first-order valence-electron chi connectivity index (χ1n) is 4.87. The average molecular weight is 332 g/mol. The van der Waals surface area contributed by atoms with E-state index in [-0.39, 0.29) is 4.90 Å². The molecule has 96 valence electrons. The number of methoxy groups -OCH3 is 1. The summed E-state index contributed by atoms with van der Waals surface area (Å²) in [6, 6.07) is 3.05. The summed E-state index contributed by atoms with van der Waals surface area (Å²) >= 11 is 3.29. The zero-order chi connectivity index (χ0) is 13.3. The molecule has 0 atom stereocenters. The number of rotatable bonds is 3. The third-order valence-electron chi connectivity index (χ3n) is 2.24. The van der Waals surface area contributed by atoms with Crippen LogP contribution in [0.5, 0.6) is 5.88 Å². The van der Waals surface area contributed by atoms with E-state index in [0.717, 1.165) is 6.26 Å². The molecule has 2 heterocycles. The Morgan fingerprint density at radius 2 is 2.06 bits per heavy atom. The molecule has 0 saturated carbocycles. The van der Waals surface area contributed by atoms with Crippen LogP contribution in [-0.2, 0) is 9.84 Å². The van der Waals surface area contributed by atoms with E-state index in [9.17, 15) is 8.42 Å². The van der Waals surface area contributed by atoms with E-state index in [1.54, 1.807) is 12.3 Å². The van der Waals surface area contributed by atoms with Crippen molar-refractivity contribution in [3.8, 4) is 11.7 Å². The molecule has 2 aromatic heterocycles. The molecule has 0 radical (unpaired) electrons. The number of sulfone groups is 1. The Kier molecular flexibility index (Phi) is 3.40. The van der Waals surface area contributed by atoms with Gasteiger partial charge in [0.25, 0.3) is 0 Å². The van der Waals surface area contributed by atoms with E-state index in [1.807, 2.05) is 0 Å². The second-order valence-corrected chi connectivity index (χ2v) is 6.41. The number of hydrogen-bond donors (Lipinski definition) is 0. The number of aromatic nitrogens is 3. The van der Waals surface area contributed by atoms with Crippen LogP contribution in [0.25, 0.3) is 5.82 Å². The van der Waals surface area contributed by atoms with Crippen LogP contribution in [0.1, 0.15) is 0 Å². The molecule has 8 heteroatoms. The highest BCUT2D eigenvalue weighted by atomic mass is 79.9. The maximum Gasteiger partial charge on any atom is 0.232 e. The topological polar surface area (TPSA) is 74.1 Å². The Balaban J connectivity index is 2.47. The third kappa shape index (κ3) is 2.39. The zero-order valence-corrected chi connectivity index (χ0v) is 12.1. The number of pyridine rings is 1. The van der Waals surface area contributed by atoms with Gasteiger partial charge >= 0.3 is 0 Å². The van der Waals surface area contributed by atoms with Gasteiger partial charge in [0.05, 0.1) is 22.7 Å². The highest BCUT2D eigenvalue weighted by Crippen LogP contribution is 2.26. The van der Waals surface area contributed by atoms with Crippen molar-refractivity contribution in [2.45, 2.75) is 4.90 Å². The average Bonchev–Trinajstić information content (AvgIpc) is 2.69. The van der Waals surface area contributed by atoms with Crippen LogP contribution < -0.4 is 4.74 Å². The molecule has 0 aromatic carbocycles. The Morgan fingerprint density at radius 1 is 1.33 bits per heavy atom. The maximum atomic E-state index is 11.3. The molecule has 2 aromatic rings. The third-order valence-corrected chi connectivity index (χ3v) is 3.88. The number of hydrogen-bond acceptors (Lipinski definition) is 5. The van der Waals surface area contributed by atoms with Gasteiger partial charge in [0.15, 0.2) is 15.7 Å². The monoisotopic (exact) mass is 331 g/mol. The van der Waals surface area contributed by atoms with Crippen molar-refractivity contribution in [2.75, 3.05) is 13.4 Å². The zero-order valence-electron chi connectivity index (χ0n) is 9.66. The van der Waals surface area contributed by atoms with Crippen molar-refractivity contribution < 1.29 is 13.2 Å². The van der Waals surface area contributed by atoms with Crippen molar-refractivity contribution in [3.05, 3.63) is 29.0 Å². The molecule has 0 saturated heterocycles. The standard InChI is InChI=1S/C10H10BrN3O3S/c1-17-10-8(11)6-13-14(10)9-4-3-7(5-12-9)18(2,15)16/h3-6H,1-2H3. The van der Waals surface area contributed by atoms with Crippen LogP contribution in [0.3, 0.4) is 0 Å². The van der Waals surface area contributed by atoms with Crippen molar-refractivity contribution >= 4 is 25.8 Å². The maximum absolute atomic E-state index is 11.3. The lowest BCUT2D eigenvalue weighted by atomic mass is 10.4. The highest BCUT2D eigenvalue weighted by Gasteiger charge is 2.13. The molecular weight excluding hydrogens is 322 g/mol. The summed E-state index contributed by atoms with van der Waals surface area (Å²) in [5.41, 5.74) is 0. The van der Waals surface area contributed by atoms with Crippen molar-refractivity contribution in [1.29, 1.82) is 0 Å². The molecule has 0 aliphatic heterocycles. The lowest BCUT2D eigenvalue weighted by Crippen LogP contribution is -2.04. The summed E-state index contributed by atoms with van der Waals surface area (Å²) < 4.78 is 30.0. The quantitative estimate of drug-likeness (QED) is 0.850. The fourth-order valence-electron chi connectivity index (χ4n) is 1.38. The van der Waals surface area contributed by atoms with Gasteiger partial charge in [0.2, 0.25) is 5.88 Å². The van der Waals surface area contributed by atoms with E-state index < -0.39 is 9.84 Å². The Bertz CT molecular complexity index is 664. The molecule has 0 bridgehead atoms. The lowest BCUT2D eigenvalue weighted by Gasteiger charge is -2.06. The van der Waals surface area contributed by atoms with E-state index in [1.165, 1.54) is 24.1 Å². The number of nitrogens with zero attached hydrogens (tertiary/aromatic N) is 3. The van der Waals surface area contributed by atoms with Gasteiger partial charge in [0, 0.05) is 12.5 Å². The fraction of sp³-hybridized carbons (Fsp3) is 0.200. The smallest absolute Gasteiger partial charge is 0.232 e. The molecule has 2 rings (SSSR count). The van der Waals surface area contributed by atoms with Crippen LogP contribution in [0.4, 0.5) is 0 Å². The first kappa shape index (κ1) is 13.0. The minimum atomic E-state index is -3.24. The summed E-state index contributed by atoms with van der Waals surface area (Å²) in [7, 11) is -1.73. The molecule has 6 nitrogen and oxygen atoms in total. The summed E-state index contributed by atoms with van der Waals surface area (Å²) in [5.74, 6) is 0.972. The van der Waals surface area contributed by atoms with Crippen molar-refractivity contribution in [3.63, 3.8) is 0 Å². The molecule has 0 fully saturated rings. The second-order valence-electron chi connectivity index (χ2n) is 3.54. The van der Waals surface area contributed by atoms with Crippen LogP contribution in [0.15, 0.2) is 33.9 Å². The van der Waals surface area contributed by atoms with E-state index in [2.05, 4.69) is 26.0 Å². The predicted octanol–water partition coefficient (Wildman–Crippen LogP) is 1.44. The van der Waals surface area contributed by atoms with E-state index in [4.69, 9.17) is 4.74 Å². The van der Waals surface area contributed by atoms with Crippen LogP contribution in [0.2, 0.25) is 0 Å². The minimum Gasteiger partial charge on any atom is -0.480 e. The van der Waals surface area contributed by atoms with Gasteiger partial charge in [0.1, 0.15) is 0 Å². The second kappa shape index (κ2) is 4.69. The van der Waals surface area contributed by atoms with E-state index in [0.29, 0.717) is 16.2 Å². The molecule has 0 N–H and O–H groups in total. The molecule has 0 spiro atoms. The largest absolute Gasteiger partial charge is 0.480 e. The Labute approximate surface area is 113 Å². The predicted molar refractivity (Wildman–Crippen MR) is 68.7 cm³/mol.